The molecular formula is C18H17N3O3. The molecule has 0 spiro atoms. The zero-order valence-electron chi connectivity index (χ0n) is 13.4. The zero-order chi connectivity index (χ0) is 16.9. The van der Waals surface area contributed by atoms with Crippen molar-refractivity contribution < 1.29 is 14.1 Å². The van der Waals surface area contributed by atoms with Crippen molar-refractivity contribution in [2.75, 3.05) is 7.11 Å². The van der Waals surface area contributed by atoms with Gasteiger partial charge in [0.15, 0.2) is 0 Å². The molecule has 6 heteroatoms. The normalized spacial score (nSPS) is 10.4. The first-order valence-electron chi connectivity index (χ1n) is 7.48. The standard InChI is InChI=1S/C18H17N3O3/c1-12-16(17(21-24-12)14-6-4-3-5-7-14)18(22)20-11-13-8-9-15(23-2)19-10-13/h3-10H,11H2,1-2H3,(H,20,22). The van der Waals surface area contributed by atoms with Gasteiger partial charge in [-0.05, 0) is 12.5 Å². The van der Waals surface area contributed by atoms with E-state index in [4.69, 9.17) is 9.26 Å². The highest BCUT2D eigenvalue weighted by Gasteiger charge is 2.21. The summed E-state index contributed by atoms with van der Waals surface area (Å²) in [7, 11) is 1.56. The van der Waals surface area contributed by atoms with Gasteiger partial charge in [0, 0.05) is 24.4 Å². The number of ether oxygens (including phenoxy) is 1. The number of pyridine rings is 1. The van der Waals surface area contributed by atoms with Crippen molar-refractivity contribution in [3.63, 3.8) is 0 Å². The van der Waals surface area contributed by atoms with Crippen molar-refractivity contribution in [1.82, 2.24) is 15.5 Å². The quantitative estimate of drug-likeness (QED) is 0.781. The number of rotatable bonds is 5. The molecule has 0 aliphatic carbocycles. The van der Waals surface area contributed by atoms with Gasteiger partial charge in [-0.25, -0.2) is 4.98 Å². The van der Waals surface area contributed by atoms with Crippen LogP contribution in [0.5, 0.6) is 5.88 Å². The summed E-state index contributed by atoms with van der Waals surface area (Å²) in [6.07, 6.45) is 1.66. The second kappa shape index (κ2) is 6.95. The lowest BCUT2D eigenvalue weighted by molar-refractivity contribution is 0.0950. The number of carbonyl (C=O) groups is 1. The number of methoxy groups -OCH3 is 1. The highest BCUT2D eigenvalue weighted by Crippen LogP contribution is 2.24. The molecule has 2 aromatic heterocycles. The predicted molar refractivity (Wildman–Crippen MR) is 88.6 cm³/mol. The van der Waals surface area contributed by atoms with Crippen molar-refractivity contribution in [3.05, 3.63) is 65.5 Å². The van der Waals surface area contributed by atoms with Gasteiger partial charge in [-0.3, -0.25) is 4.79 Å². The molecular weight excluding hydrogens is 306 g/mol. The predicted octanol–water partition coefficient (Wildman–Crippen LogP) is 2.98. The smallest absolute Gasteiger partial charge is 0.257 e. The molecule has 0 radical (unpaired) electrons. The van der Waals surface area contributed by atoms with Crippen LogP contribution in [-0.2, 0) is 6.54 Å². The summed E-state index contributed by atoms with van der Waals surface area (Å²) >= 11 is 0. The van der Waals surface area contributed by atoms with Crippen LogP contribution < -0.4 is 10.1 Å². The van der Waals surface area contributed by atoms with E-state index >= 15 is 0 Å². The minimum Gasteiger partial charge on any atom is -0.481 e. The molecule has 0 saturated carbocycles. The molecule has 0 bridgehead atoms. The monoisotopic (exact) mass is 323 g/mol. The lowest BCUT2D eigenvalue weighted by Crippen LogP contribution is -2.23. The maximum Gasteiger partial charge on any atom is 0.257 e. The first-order valence-corrected chi connectivity index (χ1v) is 7.48. The van der Waals surface area contributed by atoms with Gasteiger partial charge in [-0.1, -0.05) is 41.6 Å². The van der Waals surface area contributed by atoms with Gasteiger partial charge in [0.25, 0.3) is 5.91 Å². The van der Waals surface area contributed by atoms with E-state index in [1.54, 1.807) is 26.3 Å². The topological polar surface area (TPSA) is 77.2 Å². The zero-order valence-corrected chi connectivity index (χ0v) is 13.4. The Morgan fingerprint density at radius 3 is 2.67 bits per heavy atom. The van der Waals surface area contributed by atoms with Crippen LogP contribution in [0.25, 0.3) is 11.3 Å². The minimum atomic E-state index is -0.233. The van der Waals surface area contributed by atoms with Crippen molar-refractivity contribution >= 4 is 5.91 Å². The average molecular weight is 323 g/mol. The van der Waals surface area contributed by atoms with E-state index in [2.05, 4.69) is 15.5 Å². The average Bonchev–Trinajstić information content (AvgIpc) is 3.02. The van der Waals surface area contributed by atoms with E-state index in [1.807, 2.05) is 36.4 Å². The number of hydrogen-bond donors (Lipinski definition) is 1. The molecule has 3 rings (SSSR count). The summed E-state index contributed by atoms with van der Waals surface area (Å²) in [5.74, 6) is 0.786. The van der Waals surface area contributed by atoms with E-state index in [0.717, 1.165) is 11.1 Å². The van der Waals surface area contributed by atoms with Crippen LogP contribution in [-0.4, -0.2) is 23.2 Å². The van der Waals surface area contributed by atoms with Gasteiger partial charge in [-0.15, -0.1) is 0 Å². The van der Waals surface area contributed by atoms with Gasteiger partial charge in [-0.2, -0.15) is 0 Å². The molecule has 0 unspecified atom stereocenters. The minimum absolute atomic E-state index is 0.233. The largest absolute Gasteiger partial charge is 0.481 e. The van der Waals surface area contributed by atoms with Crippen LogP contribution >= 0.6 is 0 Å². The molecule has 122 valence electrons. The number of nitrogens with zero attached hydrogens (tertiary/aromatic N) is 2. The summed E-state index contributed by atoms with van der Waals surface area (Å²) in [5, 5.41) is 6.89. The second-order valence-corrected chi connectivity index (χ2v) is 5.22. The summed E-state index contributed by atoms with van der Waals surface area (Å²) in [5.41, 5.74) is 2.70. The third-order valence-electron chi connectivity index (χ3n) is 3.60. The molecule has 1 aromatic carbocycles. The van der Waals surface area contributed by atoms with Crippen molar-refractivity contribution in [3.8, 4) is 17.1 Å². The molecule has 1 N–H and O–H groups in total. The number of benzene rings is 1. The van der Waals surface area contributed by atoms with Gasteiger partial charge in [0.2, 0.25) is 5.88 Å². The highest BCUT2D eigenvalue weighted by molar-refractivity contribution is 6.00. The fourth-order valence-corrected chi connectivity index (χ4v) is 2.34. The maximum absolute atomic E-state index is 12.6. The number of amides is 1. The Labute approximate surface area is 139 Å². The van der Waals surface area contributed by atoms with Crippen molar-refractivity contribution in [1.29, 1.82) is 0 Å². The second-order valence-electron chi connectivity index (χ2n) is 5.22. The lowest BCUT2D eigenvalue weighted by atomic mass is 10.1. The molecule has 6 nitrogen and oxygen atoms in total. The van der Waals surface area contributed by atoms with E-state index in [0.29, 0.717) is 29.4 Å². The molecule has 2 heterocycles. The number of carbonyl (C=O) groups excluding carboxylic acids is 1. The third-order valence-corrected chi connectivity index (χ3v) is 3.60. The first-order chi connectivity index (χ1) is 11.7. The summed E-state index contributed by atoms with van der Waals surface area (Å²) in [6, 6.07) is 13.1. The fourth-order valence-electron chi connectivity index (χ4n) is 2.34. The molecule has 1 amide bonds. The Bertz CT molecular complexity index is 826. The summed E-state index contributed by atoms with van der Waals surface area (Å²) in [4.78, 5) is 16.7. The van der Waals surface area contributed by atoms with E-state index in [9.17, 15) is 4.79 Å². The maximum atomic E-state index is 12.6. The lowest BCUT2D eigenvalue weighted by Gasteiger charge is -2.06. The molecule has 0 fully saturated rings. The van der Waals surface area contributed by atoms with Crippen molar-refractivity contribution in [2.24, 2.45) is 0 Å². The molecule has 3 aromatic rings. The van der Waals surface area contributed by atoms with Crippen LogP contribution in [0.1, 0.15) is 21.7 Å². The molecule has 0 aliphatic heterocycles. The van der Waals surface area contributed by atoms with Crippen molar-refractivity contribution in [2.45, 2.75) is 13.5 Å². The number of aromatic nitrogens is 2. The molecule has 0 atom stereocenters. The van der Waals surface area contributed by atoms with Crippen LogP contribution in [0, 0.1) is 6.92 Å². The highest BCUT2D eigenvalue weighted by atomic mass is 16.5. The van der Waals surface area contributed by atoms with Gasteiger partial charge >= 0.3 is 0 Å². The molecule has 0 aliphatic rings. The van der Waals surface area contributed by atoms with Crippen LogP contribution in [0.4, 0.5) is 0 Å². The Balaban J connectivity index is 1.76. The summed E-state index contributed by atoms with van der Waals surface area (Å²) < 4.78 is 10.2. The first kappa shape index (κ1) is 15.7. The number of aryl methyl sites for hydroxylation is 1. The van der Waals surface area contributed by atoms with E-state index in [-0.39, 0.29) is 5.91 Å². The SMILES string of the molecule is COc1ccc(CNC(=O)c2c(-c3ccccc3)noc2C)cn1. The third kappa shape index (κ3) is 3.27. The van der Waals surface area contributed by atoms with Gasteiger partial charge in [0.1, 0.15) is 17.0 Å². The van der Waals surface area contributed by atoms with E-state index < -0.39 is 0 Å². The number of hydrogen-bond acceptors (Lipinski definition) is 5. The van der Waals surface area contributed by atoms with Gasteiger partial charge < -0.3 is 14.6 Å². The number of nitrogens with one attached hydrogen (secondary N) is 1. The Hall–Kier alpha value is -3.15. The van der Waals surface area contributed by atoms with Crippen LogP contribution in [0.3, 0.4) is 0 Å². The van der Waals surface area contributed by atoms with Crippen LogP contribution in [0.15, 0.2) is 53.2 Å². The Morgan fingerprint density at radius 2 is 2.00 bits per heavy atom. The molecule has 24 heavy (non-hydrogen) atoms. The summed E-state index contributed by atoms with van der Waals surface area (Å²) in [6.45, 7) is 2.08. The Kier molecular flexibility index (Phi) is 4.56. The van der Waals surface area contributed by atoms with Gasteiger partial charge in [0.05, 0.1) is 7.11 Å². The van der Waals surface area contributed by atoms with Crippen LogP contribution in [0.2, 0.25) is 0 Å². The molecule has 0 saturated heterocycles. The van der Waals surface area contributed by atoms with E-state index in [1.165, 1.54) is 0 Å². The fraction of sp³-hybridized carbons (Fsp3) is 0.167. The Morgan fingerprint density at radius 1 is 1.21 bits per heavy atom.